The highest BCUT2D eigenvalue weighted by molar-refractivity contribution is 7.18. The number of ether oxygens (including phenoxy) is 1. The molecule has 0 N–H and O–H groups in total. The minimum Gasteiger partial charge on any atom is -0.449 e. The van der Waals surface area contributed by atoms with E-state index in [4.69, 9.17) is 4.98 Å². The Morgan fingerprint density at radius 2 is 2.03 bits per heavy atom. The predicted molar refractivity (Wildman–Crippen MR) is 116 cm³/mol. The lowest BCUT2D eigenvalue weighted by Gasteiger charge is -2.38. The van der Waals surface area contributed by atoms with Gasteiger partial charge in [0.25, 0.3) is 0 Å². The van der Waals surface area contributed by atoms with Crippen LogP contribution in [0.5, 0.6) is 0 Å². The van der Waals surface area contributed by atoms with Crippen molar-refractivity contribution in [2.24, 2.45) is 5.92 Å². The van der Waals surface area contributed by atoms with Crippen molar-refractivity contribution in [3.63, 3.8) is 0 Å². The second-order valence-electron chi connectivity index (χ2n) is 8.79. The Morgan fingerprint density at radius 1 is 1.31 bits per heavy atom. The Hall–Kier alpha value is -2.20. The van der Waals surface area contributed by atoms with E-state index in [0.29, 0.717) is 6.42 Å². The van der Waals surface area contributed by atoms with Crippen molar-refractivity contribution < 1.29 is 27.5 Å². The molecule has 176 valence electrons. The lowest BCUT2D eigenvalue weighted by Crippen LogP contribution is -2.45. The third-order valence-electron chi connectivity index (χ3n) is 5.49. The van der Waals surface area contributed by atoms with Crippen molar-refractivity contribution in [2.45, 2.75) is 44.8 Å². The van der Waals surface area contributed by atoms with Gasteiger partial charge < -0.3 is 14.5 Å². The van der Waals surface area contributed by atoms with Gasteiger partial charge in [-0.25, -0.2) is 9.78 Å². The zero-order valence-corrected chi connectivity index (χ0v) is 19.4. The van der Waals surface area contributed by atoms with E-state index in [1.165, 1.54) is 4.90 Å². The first-order chi connectivity index (χ1) is 14.9. The van der Waals surface area contributed by atoms with Gasteiger partial charge in [0, 0.05) is 19.0 Å². The van der Waals surface area contributed by atoms with E-state index in [9.17, 15) is 22.8 Å². The molecule has 1 amide bonds. The summed E-state index contributed by atoms with van der Waals surface area (Å²) in [5, 5.41) is 1.02. The van der Waals surface area contributed by atoms with Crippen LogP contribution in [0.2, 0.25) is 0 Å². The monoisotopic (exact) mass is 471 g/mol. The van der Waals surface area contributed by atoms with Gasteiger partial charge in [-0.3, -0.25) is 4.79 Å². The Morgan fingerprint density at radius 3 is 2.69 bits per heavy atom. The molecule has 1 aliphatic rings. The maximum absolute atomic E-state index is 12.7. The number of nitrogens with zero attached hydrogens (tertiary/aromatic N) is 3. The summed E-state index contributed by atoms with van der Waals surface area (Å²) < 4.78 is 42.4. The number of thiazole rings is 1. The normalized spacial score (nSPS) is 20.6. The number of likely N-dealkylation sites (tertiary alicyclic amines) is 1. The zero-order valence-electron chi connectivity index (χ0n) is 18.6. The van der Waals surface area contributed by atoms with Gasteiger partial charge in [-0.2, -0.15) is 13.2 Å². The number of halogens is 3. The molecule has 3 atom stereocenters. The van der Waals surface area contributed by atoms with E-state index >= 15 is 0 Å². The average Bonchev–Trinajstić information content (AvgIpc) is 3.14. The third-order valence-corrected chi connectivity index (χ3v) is 6.76. The fourth-order valence-corrected chi connectivity index (χ4v) is 5.05. The van der Waals surface area contributed by atoms with Gasteiger partial charge in [0.2, 0.25) is 0 Å². The number of carbonyl (C=O) groups is 2. The van der Waals surface area contributed by atoms with E-state index < -0.39 is 30.7 Å². The number of benzene rings is 1. The minimum absolute atomic E-state index is 0.132. The molecule has 0 radical (unpaired) electrons. The summed E-state index contributed by atoms with van der Waals surface area (Å²) in [6.07, 6.45) is -3.23. The van der Waals surface area contributed by atoms with E-state index in [2.05, 4.69) is 16.6 Å². The summed E-state index contributed by atoms with van der Waals surface area (Å²) >= 11 is 1.63. The SMILES string of the molecule is CC(CN(C)C)c1nc2cc([C@H]3CC[C@H](C)CN3C(=O)C(=O)OCC(F)(F)F)ccc2s1. The second-order valence-corrected chi connectivity index (χ2v) is 9.85. The molecule has 0 spiro atoms. The van der Waals surface area contributed by atoms with Crippen LogP contribution in [0, 0.1) is 5.92 Å². The van der Waals surface area contributed by atoms with Crippen molar-refractivity contribution >= 4 is 33.4 Å². The highest BCUT2D eigenvalue weighted by atomic mass is 32.1. The molecule has 1 fully saturated rings. The smallest absolute Gasteiger partial charge is 0.422 e. The zero-order chi connectivity index (χ0) is 23.6. The Labute approximate surface area is 189 Å². The summed E-state index contributed by atoms with van der Waals surface area (Å²) in [5.41, 5.74) is 1.64. The van der Waals surface area contributed by atoms with Crippen LogP contribution in [0.3, 0.4) is 0 Å². The Kier molecular flexibility index (Phi) is 7.44. The van der Waals surface area contributed by atoms with E-state index in [1.54, 1.807) is 11.3 Å². The number of hydrogen-bond donors (Lipinski definition) is 0. The molecule has 3 rings (SSSR count). The molecule has 1 aromatic heterocycles. The number of fused-ring (bicyclic) bond motifs is 1. The molecule has 0 bridgehead atoms. The van der Waals surface area contributed by atoms with Crippen molar-refractivity contribution in [3.05, 3.63) is 28.8 Å². The van der Waals surface area contributed by atoms with Gasteiger partial charge in [-0.15, -0.1) is 11.3 Å². The molecule has 1 saturated heterocycles. The molecule has 0 aliphatic carbocycles. The minimum atomic E-state index is -4.68. The van der Waals surface area contributed by atoms with Crippen molar-refractivity contribution in [3.8, 4) is 0 Å². The first-order valence-electron chi connectivity index (χ1n) is 10.5. The molecule has 0 saturated carbocycles. The molecule has 2 heterocycles. The fraction of sp³-hybridized carbons (Fsp3) is 0.591. The van der Waals surface area contributed by atoms with E-state index in [-0.39, 0.29) is 18.4 Å². The van der Waals surface area contributed by atoms with Crippen molar-refractivity contribution in [2.75, 3.05) is 33.8 Å². The third kappa shape index (κ3) is 5.98. The Balaban J connectivity index is 1.83. The van der Waals surface area contributed by atoms with Crippen LogP contribution >= 0.6 is 11.3 Å². The van der Waals surface area contributed by atoms with E-state index in [1.807, 2.05) is 39.2 Å². The molecule has 1 aliphatic heterocycles. The lowest BCUT2D eigenvalue weighted by molar-refractivity contribution is -0.190. The van der Waals surface area contributed by atoms with Gasteiger partial charge in [0.15, 0.2) is 6.61 Å². The first-order valence-corrected chi connectivity index (χ1v) is 11.4. The number of hydrogen-bond acceptors (Lipinski definition) is 6. The lowest BCUT2D eigenvalue weighted by atomic mass is 9.89. The van der Waals surface area contributed by atoms with Gasteiger partial charge in [0.05, 0.1) is 21.3 Å². The van der Waals surface area contributed by atoms with Gasteiger partial charge in [-0.1, -0.05) is 19.9 Å². The molecule has 1 aromatic carbocycles. The van der Waals surface area contributed by atoms with E-state index in [0.717, 1.165) is 33.8 Å². The molecule has 32 heavy (non-hydrogen) atoms. The molecular weight excluding hydrogens is 443 g/mol. The van der Waals surface area contributed by atoms with Crippen LogP contribution in [0.4, 0.5) is 13.2 Å². The highest BCUT2D eigenvalue weighted by Gasteiger charge is 2.37. The summed E-state index contributed by atoms with van der Waals surface area (Å²) in [6.45, 7) is 3.44. The molecular formula is C22H28F3N3O3S. The average molecular weight is 472 g/mol. The largest absolute Gasteiger partial charge is 0.449 e. The van der Waals surface area contributed by atoms with Crippen molar-refractivity contribution in [1.29, 1.82) is 0 Å². The number of piperidine rings is 1. The molecule has 1 unspecified atom stereocenters. The summed E-state index contributed by atoms with van der Waals surface area (Å²) in [5.74, 6) is -2.12. The fourth-order valence-electron chi connectivity index (χ4n) is 4.06. The molecule has 2 aromatic rings. The molecule has 10 heteroatoms. The van der Waals surface area contributed by atoms with Gasteiger partial charge in [-0.05, 0) is 50.6 Å². The summed E-state index contributed by atoms with van der Waals surface area (Å²) in [4.78, 5) is 32.9. The molecule has 6 nitrogen and oxygen atoms in total. The van der Waals surface area contributed by atoms with Crippen LogP contribution in [-0.4, -0.2) is 66.6 Å². The maximum atomic E-state index is 12.7. The van der Waals surface area contributed by atoms with Crippen LogP contribution < -0.4 is 0 Å². The number of carbonyl (C=O) groups excluding carboxylic acids is 2. The van der Waals surface area contributed by atoms with Crippen LogP contribution in [0.25, 0.3) is 10.2 Å². The standard InChI is InChI=1S/C22H28F3N3O3S/c1-13-5-7-17(28(10-13)20(29)21(30)31-12-22(23,24)25)15-6-8-18-16(9-15)26-19(32-18)14(2)11-27(3)4/h6,8-9,13-14,17H,5,7,10-12H2,1-4H3/t13-,14?,17+/m0/s1. The summed E-state index contributed by atoms with van der Waals surface area (Å²) in [6, 6.07) is 5.37. The van der Waals surface area contributed by atoms with Crippen LogP contribution in [0.15, 0.2) is 18.2 Å². The topological polar surface area (TPSA) is 62.7 Å². The van der Waals surface area contributed by atoms with Crippen LogP contribution in [0.1, 0.15) is 49.2 Å². The number of rotatable bonds is 5. The van der Waals surface area contributed by atoms with Gasteiger partial charge in [0.1, 0.15) is 0 Å². The maximum Gasteiger partial charge on any atom is 0.422 e. The van der Waals surface area contributed by atoms with Gasteiger partial charge >= 0.3 is 18.1 Å². The Bertz CT molecular complexity index is 976. The van der Waals surface area contributed by atoms with Crippen LogP contribution in [-0.2, 0) is 14.3 Å². The number of alkyl halides is 3. The number of esters is 1. The first kappa shape index (κ1) is 24.4. The summed E-state index contributed by atoms with van der Waals surface area (Å²) in [7, 11) is 4.02. The van der Waals surface area contributed by atoms with Crippen molar-refractivity contribution in [1.82, 2.24) is 14.8 Å². The predicted octanol–water partition coefficient (Wildman–Crippen LogP) is 4.37. The number of amides is 1. The quantitative estimate of drug-likeness (QED) is 0.479. The highest BCUT2D eigenvalue weighted by Crippen LogP contribution is 2.36. The number of aromatic nitrogens is 1. The second kappa shape index (κ2) is 9.74. The number of likely N-dealkylation sites (N-methyl/N-ethyl adjacent to an activating group) is 1.